The van der Waals surface area contributed by atoms with Crippen LogP contribution in [-0.2, 0) is 16.1 Å². The second-order valence-corrected chi connectivity index (χ2v) is 8.05. The van der Waals surface area contributed by atoms with Gasteiger partial charge in [0.1, 0.15) is 0 Å². The van der Waals surface area contributed by atoms with Crippen molar-refractivity contribution >= 4 is 11.7 Å². The van der Waals surface area contributed by atoms with Gasteiger partial charge in [0.2, 0.25) is 5.91 Å². The second-order valence-electron chi connectivity index (χ2n) is 8.05. The predicted molar refractivity (Wildman–Crippen MR) is 99.6 cm³/mol. The van der Waals surface area contributed by atoms with Gasteiger partial charge in [-0.3, -0.25) is 9.59 Å². The number of ketones is 1. The molecule has 0 spiro atoms. The Balaban J connectivity index is 1.84. The number of carbonyl (C=O) groups is 2. The van der Waals surface area contributed by atoms with Crippen LogP contribution >= 0.6 is 0 Å². The molecule has 132 valence electrons. The summed E-state index contributed by atoms with van der Waals surface area (Å²) in [5.74, 6) is 0.578. The summed E-state index contributed by atoms with van der Waals surface area (Å²) in [6, 6.07) is 10.0. The van der Waals surface area contributed by atoms with Crippen LogP contribution in [0.25, 0.3) is 0 Å². The minimum atomic E-state index is -0.0936. The Morgan fingerprint density at radius 2 is 1.96 bits per heavy atom. The molecule has 2 aliphatic rings. The van der Waals surface area contributed by atoms with Gasteiger partial charge < -0.3 is 4.90 Å². The summed E-state index contributed by atoms with van der Waals surface area (Å²) in [5, 5.41) is 0. The molecule has 3 nitrogen and oxygen atoms in total. The molecule has 1 aromatic rings. The van der Waals surface area contributed by atoms with E-state index in [4.69, 9.17) is 0 Å². The maximum atomic E-state index is 13.1. The molecule has 0 heterocycles. The molecule has 2 aliphatic carbocycles. The fraction of sp³-hybridized carbons (Fsp3) is 0.455. The predicted octanol–water partition coefficient (Wildman–Crippen LogP) is 4.64. The van der Waals surface area contributed by atoms with Crippen LogP contribution in [0.5, 0.6) is 0 Å². The fourth-order valence-electron chi connectivity index (χ4n) is 3.80. The lowest BCUT2D eigenvalue weighted by molar-refractivity contribution is -0.131. The van der Waals surface area contributed by atoms with E-state index in [1.165, 1.54) is 0 Å². The summed E-state index contributed by atoms with van der Waals surface area (Å²) >= 11 is 0. The second kappa shape index (κ2) is 7.38. The number of amides is 1. The van der Waals surface area contributed by atoms with E-state index in [-0.39, 0.29) is 17.1 Å². The number of rotatable bonds is 5. The quantitative estimate of drug-likeness (QED) is 0.734. The van der Waals surface area contributed by atoms with Gasteiger partial charge in [-0.1, -0.05) is 56.3 Å². The Morgan fingerprint density at radius 1 is 1.20 bits per heavy atom. The Labute approximate surface area is 150 Å². The third-order valence-electron chi connectivity index (χ3n) is 5.02. The molecule has 25 heavy (non-hydrogen) atoms. The van der Waals surface area contributed by atoms with E-state index in [0.717, 1.165) is 30.5 Å². The largest absolute Gasteiger partial charge is 0.312 e. The van der Waals surface area contributed by atoms with Crippen LogP contribution < -0.4 is 0 Å². The lowest BCUT2D eigenvalue weighted by Gasteiger charge is -2.35. The van der Waals surface area contributed by atoms with Gasteiger partial charge in [0.05, 0.1) is 6.54 Å². The van der Waals surface area contributed by atoms with Crippen LogP contribution in [0.4, 0.5) is 0 Å². The summed E-state index contributed by atoms with van der Waals surface area (Å²) < 4.78 is 0. The highest BCUT2D eigenvalue weighted by Gasteiger charge is 2.32. The first-order valence-electron chi connectivity index (χ1n) is 9.17. The van der Waals surface area contributed by atoms with Crippen LogP contribution in [0.2, 0.25) is 0 Å². The van der Waals surface area contributed by atoms with Gasteiger partial charge in [-0.05, 0) is 36.2 Å². The minimum Gasteiger partial charge on any atom is -0.312 e. The molecular formula is C22H27NO2. The number of carbonyl (C=O) groups excluding carboxylic acids is 2. The van der Waals surface area contributed by atoms with Crippen LogP contribution in [0.1, 0.15) is 51.5 Å². The van der Waals surface area contributed by atoms with E-state index in [9.17, 15) is 9.59 Å². The van der Waals surface area contributed by atoms with Crippen molar-refractivity contribution < 1.29 is 9.59 Å². The van der Waals surface area contributed by atoms with Gasteiger partial charge in [0.25, 0.3) is 0 Å². The highest BCUT2D eigenvalue weighted by atomic mass is 16.2. The van der Waals surface area contributed by atoms with E-state index in [1.807, 2.05) is 35.2 Å². The van der Waals surface area contributed by atoms with E-state index < -0.39 is 0 Å². The molecule has 1 unspecified atom stereocenters. The summed E-state index contributed by atoms with van der Waals surface area (Å²) in [4.78, 5) is 27.1. The molecule has 0 saturated carbocycles. The zero-order chi connectivity index (χ0) is 17.9. The highest BCUT2D eigenvalue weighted by Crippen LogP contribution is 2.36. The number of hydrogen-bond donors (Lipinski definition) is 0. The molecule has 0 aromatic heterocycles. The van der Waals surface area contributed by atoms with Gasteiger partial charge >= 0.3 is 0 Å². The summed E-state index contributed by atoms with van der Waals surface area (Å²) in [5.41, 5.74) is 1.87. The molecule has 0 bridgehead atoms. The normalized spacial score (nSPS) is 21.9. The average molecular weight is 337 g/mol. The summed E-state index contributed by atoms with van der Waals surface area (Å²) in [6.45, 7) is 4.73. The topological polar surface area (TPSA) is 37.4 Å². The van der Waals surface area contributed by atoms with E-state index in [2.05, 4.69) is 26.0 Å². The maximum Gasteiger partial charge on any atom is 0.227 e. The molecule has 0 N–H and O–H groups in total. The van der Waals surface area contributed by atoms with E-state index >= 15 is 0 Å². The monoisotopic (exact) mass is 337 g/mol. The standard InChI is InChI=1S/C22H27NO2/c1-22(2)14-19(13-20(24)15-22)23(16-18-10-4-3-5-11-18)21(25)12-17-8-6-7-9-17/h3-6,8,10-11,13,17H,7,9,12,14-16H2,1-2H3. The minimum absolute atomic E-state index is 0.0936. The first-order chi connectivity index (χ1) is 11.9. The van der Waals surface area contributed by atoms with Gasteiger partial charge in [-0.15, -0.1) is 0 Å². The Morgan fingerprint density at radius 3 is 2.60 bits per heavy atom. The van der Waals surface area contributed by atoms with Gasteiger partial charge in [-0.25, -0.2) is 0 Å². The molecule has 1 amide bonds. The smallest absolute Gasteiger partial charge is 0.227 e. The first-order valence-corrected chi connectivity index (χ1v) is 9.17. The van der Waals surface area contributed by atoms with Crippen LogP contribution in [-0.4, -0.2) is 16.6 Å². The average Bonchev–Trinajstić information content (AvgIpc) is 3.04. The lowest BCUT2D eigenvalue weighted by atomic mass is 9.78. The number of hydrogen-bond acceptors (Lipinski definition) is 2. The van der Waals surface area contributed by atoms with Crippen molar-refractivity contribution in [2.24, 2.45) is 11.3 Å². The van der Waals surface area contributed by atoms with Crippen molar-refractivity contribution in [2.75, 3.05) is 0 Å². The molecule has 3 rings (SSSR count). The molecule has 0 aliphatic heterocycles. The number of nitrogens with zero attached hydrogens (tertiary/aromatic N) is 1. The highest BCUT2D eigenvalue weighted by molar-refractivity contribution is 5.93. The number of benzene rings is 1. The van der Waals surface area contributed by atoms with E-state index in [1.54, 1.807) is 6.08 Å². The zero-order valence-electron chi connectivity index (χ0n) is 15.2. The fourth-order valence-corrected chi connectivity index (χ4v) is 3.80. The Kier molecular flexibility index (Phi) is 5.22. The van der Waals surface area contributed by atoms with Crippen molar-refractivity contribution in [2.45, 2.75) is 52.5 Å². The van der Waals surface area contributed by atoms with Crippen molar-refractivity contribution in [3.63, 3.8) is 0 Å². The maximum absolute atomic E-state index is 13.1. The van der Waals surface area contributed by atoms with Crippen LogP contribution in [0.3, 0.4) is 0 Å². The SMILES string of the molecule is CC1(C)CC(=O)C=C(N(Cc2ccccc2)C(=O)CC2C=CCC2)C1. The van der Waals surface area contributed by atoms with Crippen molar-refractivity contribution in [1.82, 2.24) is 4.90 Å². The van der Waals surface area contributed by atoms with Gasteiger partial charge in [-0.2, -0.15) is 0 Å². The van der Waals surface area contributed by atoms with Crippen LogP contribution in [0, 0.1) is 11.3 Å². The van der Waals surface area contributed by atoms with Crippen molar-refractivity contribution in [1.29, 1.82) is 0 Å². The molecule has 3 heteroatoms. The van der Waals surface area contributed by atoms with Crippen molar-refractivity contribution in [3.8, 4) is 0 Å². The molecule has 0 fully saturated rings. The zero-order valence-corrected chi connectivity index (χ0v) is 15.2. The third kappa shape index (κ3) is 4.68. The Hall–Kier alpha value is -2.16. The summed E-state index contributed by atoms with van der Waals surface area (Å²) in [6.07, 6.45) is 9.95. The molecule has 1 atom stereocenters. The number of allylic oxidation sites excluding steroid dienone is 4. The molecular weight excluding hydrogens is 310 g/mol. The summed E-state index contributed by atoms with van der Waals surface area (Å²) in [7, 11) is 0. The first kappa shape index (κ1) is 17.7. The van der Waals surface area contributed by atoms with Crippen molar-refractivity contribution in [3.05, 3.63) is 59.8 Å². The lowest BCUT2D eigenvalue weighted by Crippen LogP contribution is -2.36. The van der Waals surface area contributed by atoms with Crippen LogP contribution in [0.15, 0.2) is 54.3 Å². The van der Waals surface area contributed by atoms with E-state index in [0.29, 0.717) is 25.3 Å². The Bertz CT molecular complexity index is 700. The molecule has 0 saturated heterocycles. The molecule has 1 aromatic carbocycles. The third-order valence-corrected chi connectivity index (χ3v) is 5.02. The van der Waals surface area contributed by atoms with Gasteiger partial charge in [0, 0.05) is 24.6 Å². The molecule has 0 radical (unpaired) electrons. The van der Waals surface area contributed by atoms with Gasteiger partial charge in [0.15, 0.2) is 5.78 Å².